The molecule has 0 aliphatic carbocycles. The van der Waals surface area contributed by atoms with E-state index < -0.39 is 0 Å². The Balaban J connectivity index is 0. The number of aromatic nitrogens is 1. The molecule has 1 heterocycles. The van der Waals surface area contributed by atoms with Crippen LogP contribution in [0.3, 0.4) is 0 Å². The van der Waals surface area contributed by atoms with Crippen molar-refractivity contribution in [3.63, 3.8) is 0 Å². The minimum atomic E-state index is 0. The molecule has 0 fully saturated rings. The zero-order valence-electron chi connectivity index (χ0n) is 4.00. The van der Waals surface area contributed by atoms with Gasteiger partial charge in [-0.3, -0.25) is 0 Å². The Kier molecular flexibility index (Phi) is 7.83. The van der Waals surface area contributed by atoms with Gasteiger partial charge in [0, 0.05) is 0 Å². The third-order valence-electron chi connectivity index (χ3n) is 0.347. The molecule has 0 spiro atoms. The summed E-state index contributed by atoms with van der Waals surface area (Å²) in [6.45, 7) is 0. The van der Waals surface area contributed by atoms with Gasteiger partial charge < -0.3 is 10.7 Å². The highest BCUT2D eigenvalue weighted by Crippen LogP contribution is 1.72. The maximum absolute atomic E-state index is 4.33. The van der Waals surface area contributed by atoms with Gasteiger partial charge in [0.2, 0.25) is 0 Å². The fourth-order valence-corrected chi connectivity index (χ4v) is 0.176. The van der Waals surface area contributed by atoms with E-state index in [-0.39, 0.29) is 16.0 Å². The number of rotatable bonds is 0. The molecular formula is C3H9N2OP. The van der Waals surface area contributed by atoms with Crippen molar-refractivity contribution in [3.8, 4) is 0 Å². The molecule has 7 heavy (non-hydrogen) atoms. The summed E-state index contributed by atoms with van der Waals surface area (Å²) in [5, 5.41) is 3.35. The van der Waals surface area contributed by atoms with Crippen molar-refractivity contribution in [2.24, 2.45) is 0 Å². The van der Waals surface area contributed by atoms with Crippen LogP contribution >= 0.6 is 9.90 Å². The van der Waals surface area contributed by atoms with Gasteiger partial charge in [-0.15, -0.1) is 0 Å². The summed E-state index contributed by atoms with van der Waals surface area (Å²) < 4.78 is 4.33. The van der Waals surface area contributed by atoms with Gasteiger partial charge >= 0.3 is 0 Å². The van der Waals surface area contributed by atoms with E-state index in [1.54, 1.807) is 12.3 Å². The number of hydrogen-bond donors (Lipinski definition) is 1. The van der Waals surface area contributed by atoms with Crippen LogP contribution in [-0.2, 0) is 0 Å². The first-order valence-electron chi connectivity index (χ1n) is 1.34. The molecule has 0 aliphatic rings. The molecule has 0 bridgehead atoms. The lowest BCUT2D eigenvalue weighted by Crippen LogP contribution is -1.38. The van der Waals surface area contributed by atoms with Crippen LogP contribution in [0.2, 0.25) is 0 Å². The molecule has 0 aliphatic heterocycles. The quantitative estimate of drug-likeness (QED) is 0.517. The lowest BCUT2D eigenvalue weighted by atomic mass is 10.8. The highest BCUT2D eigenvalue weighted by molar-refractivity contribution is 6.92. The van der Waals surface area contributed by atoms with Crippen LogP contribution in [0.15, 0.2) is 23.0 Å². The van der Waals surface area contributed by atoms with E-state index in [9.17, 15) is 0 Å². The molecule has 0 saturated carbocycles. The van der Waals surface area contributed by atoms with Crippen molar-refractivity contribution in [1.29, 1.82) is 0 Å². The fraction of sp³-hybridized carbons (Fsp3) is 0. The Morgan fingerprint density at radius 1 is 1.43 bits per heavy atom. The predicted molar refractivity (Wildman–Crippen MR) is 32.6 cm³/mol. The summed E-state index contributed by atoms with van der Waals surface area (Å²) in [6.07, 6.45) is 3.10. The van der Waals surface area contributed by atoms with Gasteiger partial charge in [-0.2, -0.15) is 9.90 Å². The van der Waals surface area contributed by atoms with Gasteiger partial charge in [0.1, 0.15) is 6.26 Å². The van der Waals surface area contributed by atoms with E-state index in [4.69, 9.17) is 0 Å². The Bertz CT molecular complexity index is 69.4. The van der Waals surface area contributed by atoms with E-state index in [1.165, 1.54) is 6.26 Å². The molecule has 0 radical (unpaired) electrons. The smallest absolute Gasteiger partial charge is 0.123 e. The summed E-state index contributed by atoms with van der Waals surface area (Å²) >= 11 is 0. The topological polar surface area (TPSA) is 61.0 Å². The van der Waals surface area contributed by atoms with Crippen LogP contribution in [0.5, 0.6) is 0 Å². The highest BCUT2D eigenvalue weighted by Gasteiger charge is 1.60. The fourth-order valence-electron chi connectivity index (χ4n) is 0.176. The van der Waals surface area contributed by atoms with Crippen LogP contribution in [0.4, 0.5) is 0 Å². The summed E-state index contributed by atoms with van der Waals surface area (Å²) in [5.41, 5.74) is 0. The van der Waals surface area contributed by atoms with E-state index in [2.05, 4.69) is 9.68 Å². The van der Waals surface area contributed by atoms with Gasteiger partial charge in [-0.1, -0.05) is 5.16 Å². The largest absolute Gasteiger partial charge is 0.365 e. The molecule has 1 atom stereocenters. The second kappa shape index (κ2) is 5.60. The summed E-state index contributed by atoms with van der Waals surface area (Å²) in [4.78, 5) is 0. The van der Waals surface area contributed by atoms with Crippen LogP contribution < -0.4 is 6.15 Å². The Labute approximate surface area is 45.3 Å². The standard InChI is InChI=1S/C3H3NO.H3N.H3P/c1-2-4-5-3-1;;/h1-3H;2*1H3. The molecule has 1 unspecified atom stereocenters. The highest BCUT2D eigenvalue weighted by atomic mass is 31.0. The summed E-state index contributed by atoms with van der Waals surface area (Å²) in [6, 6.07) is 1.72. The molecule has 0 saturated heterocycles. The minimum absolute atomic E-state index is 0. The van der Waals surface area contributed by atoms with Crippen molar-refractivity contribution in [2.45, 2.75) is 0 Å². The Morgan fingerprint density at radius 3 is 2.29 bits per heavy atom. The van der Waals surface area contributed by atoms with Gasteiger partial charge in [-0.25, -0.2) is 0 Å². The monoisotopic (exact) mass is 120 g/mol. The van der Waals surface area contributed by atoms with Crippen molar-refractivity contribution in [1.82, 2.24) is 11.3 Å². The zero-order chi connectivity index (χ0) is 3.54. The van der Waals surface area contributed by atoms with Gasteiger partial charge in [0.15, 0.2) is 0 Å². The zero-order valence-corrected chi connectivity index (χ0v) is 5.42. The summed E-state index contributed by atoms with van der Waals surface area (Å²) in [7, 11) is 0. The number of hydrogen-bond acceptors (Lipinski definition) is 3. The van der Waals surface area contributed by atoms with Crippen molar-refractivity contribution < 1.29 is 4.52 Å². The number of nitrogens with zero attached hydrogens (tertiary/aromatic N) is 1. The lowest BCUT2D eigenvalue weighted by molar-refractivity contribution is 0.420. The first kappa shape index (κ1) is 9.78. The second-order valence-corrected chi connectivity index (χ2v) is 0.688. The van der Waals surface area contributed by atoms with Crippen LogP contribution in [0.25, 0.3) is 0 Å². The molecule has 1 aromatic heterocycles. The maximum Gasteiger partial charge on any atom is 0.123 e. The minimum Gasteiger partial charge on any atom is -0.365 e. The molecule has 1 rings (SSSR count). The maximum atomic E-state index is 4.33. The molecule has 3 nitrogen and oxygen atoms in total. The van der Waals surface area contributed by atoms with Gasteiger partial charge in [0.25, 0.3) is 0 Å². The second-order valence-electron chi connectivity index (χ2n) is 0.688. The molecule has 42 valence electrons. The van der Waals surface area contributed by atoms with Gasteiger partial charge in [-0.05, 0) is 6.07 Å². The van der Waals surface area contributed by atoms with Crippen molar-refractivity contribution >= 4 is 9.90 Å². The predicted octanol–water partition coefficient (Wildman–Crippen LogP) is 0.895. The van der Waals surface area contributed by atoms with E-state index in [0.29, 0.717) is 0 Å². The molecule has 0 aromatic carbocycles. The van der Waals surface area contributed by atoms with E-state index >= 15 is 0 Å². The van der Waals surface area contributed by atoms with E-state index in [1.807, 2.05) is 0 Å². The van der Waals surface area contributed by atoms with Crippen LogP contribution in [-0.4, -0.2) is 5.16 Å². The summed E-state index contributed by atoms with van der Waals surface area (Å²) in [5.74, 6) is 0. The average molecular weight is 120 g/mol. The Hall–Kier alpha value is -0.400. The van der Waals surface area contributed by atoms with Gasteiger partial charge in [0.05, 0.1) is 6.20 Å². The third-order valence-corrected chi connectivity index (χ3v) is 0.347. The lowest BCUT2D eigenvalue weighted by Gasteiger charge is -1.48. The van der Waals surface area contributed by atoms with Crippen LogP contribution in [0.1, 0.15) is 0 Å². The molecular weight excluding hydrogens is 111 g/mol. The first-order chi connectivity index (χ1) is 2.50. The van der Waals surface area contributed by atoms with Crippen molar-refractivity contribution in [2.75, 3.05) is 0 Å². The molecule has 4 heteroatoms. The third kappa shape index (κ3) is 3.43. The molecule has 0 amide bonds. The first-order valence-corrected chi connectivity index (χ1v) is 1.34. The molecule has 1 aromatic rings. The SMILES string of the molecule is N.P.c1cnoc1. The average Bonchev–Trinajstić information content (AvgIpc) is 1.76. The van der Waals surface area contributed by atoms with Crippen molar-refractivity contribution in [3.05, 3.63) is 18.5 Å². The normalized spacial score (nSPS) is 5.71. The van der Waals surface area contributed by atoms with E-state index in [0.717, 1.165) is 0 Å². The Morgan fingerprint density at radius 2 is 2.14 bits per heavy atom. The van der Waals surface area contributed by atoms with Crippen LogP contribution in [0, 0.1) is 0 Å². The molecule has 3 N–H and O–H groups in total.